The molecular weight excluding hydrogens is 697 g/mol. The second kappa shape index (κ2) is 16.2. The van der Waals surface area contributed by atoms with Crippen LogP contribution >= 0.6 is 11.3 Å². The molecule has 2 aliphatic rings. The van der Waals surface area contributed by atoms with Gasteiger partial charge in [-0.25, -0.2) is 15.0 Å². The number of carbonyl (C=O) groups is 4. The molecule has 14 heteroatoms. The lowest BCUT2D eigenvalue weighted by Crippen LogP contribution is -2.45. The van der Waals surface area contributed by atoms with Gasteiger partial charge < -0.3 is 34.7 Å². The Hall–Kier alpha value is -5.89. The number of fused-ring (bicyclic) bond motifs is 1. The summed E-state index contributed by atoms with van der Waals surface area (Å²) >= 11 is 1.66. The molecule has 2 aromatic heterocycles. The van der Waals surface area contributed by atoms with Crippen molar-refractivity contribution in [3.05, 3.63) is 104 Å². The molecule has 4 N–H and O–H groups in total. The molecule has 6 rings (SSSR count). The molecule has 0 saturated heterocycles. The number of hydrogen-bond acceptors (Lipinski definition) is 9. The van der Waals surface area contributed by atoms with Gasteiger partial charge in [-0.05, 0) is 94.8 Å². The van der Waals surface area contributed by atoms with E-state index in [1.54, 1.807) is 49.6 Å². The third kappa shape index (κ3) is 7.97. The summed E-state index contributed by atoms with van der Waals surface area (Å²) in [6, 6.07) is 15.1. The first-order valence-corrected chi connectivity index (χ1v) is 18.2. The van der Waals surface area contributed by atoms with E-state index in [0.29, 0.717) is 22.6 Å². The molecule has 0 fully saturated rings. The van der Waals surface area contributed by atoms with Gasteiger partial charge in [-0.2, -0.15) is 5.10 Å². The number of benzene rings is 2. The van der Waals surface area contributed by atoms with Crippen LogP contribution < -0.4 is 30.8 Å². The molecule has 0 unspecified atom stereocenters. The van der Waals surface area contributed by atoms with Crippen LogP contribution in [0.3, 0.4) is 0 Å². The van der Waals surface area contributed by atoms with Crippen molar-refractivity contribution in [3.8, 4) is 16.5 Å². The van der Waals surface area contributed by atoms with Crippen molar-refractivity contribution in [2.45, 2.75) is 59.4 Å². The van der Waals surface area contributed by atoms with Crippen LogP contribution in [0.4, 0.5) is 10.5 Å². The number of aromatic nitrogens is 1. The van der Waals surface area contributed by atoms with Gasteiger partial charge in [-0.15, -0.1) is 11.3 Å². The second-order valence-corrected chi connectivity index (χ2v) is 13.7. The van der Waals surface area contributed by atoms with Gasteiger partial charge >= 0.3 is 12.0 Å². The monoisotopic (exact) mass is 738 g/mol. The van der Waals surface area contributed by atoms with Crippen LogP contribution in [-0.4, -0.2) is 54.9 Å². The number of urea groups is 1. The number of hydrogen-bond donors (Lipinski definition) is 4. The van der Waals surface area contributed by atoms with Crippen LogP contribution in [0.1, 0.15) is 76.0 Å². The number of anilines is 1. The molecule has 4 aromatic rings. The average Bonchev–Trinajstić information content (AvgIpc) is 3.66. The summed E-state index contributed by atoms with van der Waals surface area (Å²) in [7, 11) is 1.45. The molecule has 0 saturated carbocycles. The predicted molar refractivity (Wildman–Crippen MR) is 202 cm³/mol. The molecule has 1 aliphatic carbocycles. The molecule has 1 atom stereocenters. The quantitative estimate of drug-likeness (QED) is 0.0786. The number of nitrogens with one attached hydrogen (secondary N) is 4. The lowest BCUT2D eigenvalue weighted by atomic mass is 9.95. The van der Waals surface area contributed by atoms with Gasteiger partial charge in [0, 0.05) is 33.2 Å². The topological polar surface area (TPSA) is 161 Å². The van der Waals surface area contributed by atoms with E-state index in [0.717, 1.165) is 58.9 Å². The Morgan fingerprint density at radius 3 is 2.57 bits per heavy atom. The largest absolute Gasteiger partial charge is 0.493 e. The summed E-state index contributed by atoms with van der Waals surface area (Å²) in [5, 5.41) is 13.5. The summed E-state index contributed by atoms with van der Waals surface area (Å²) in [5.41, 5.74) is 8.91. The number of ether oxygens (including phenoxy) is 3. The van der Waals surface area contributed by atoms with E-state index in [1.165, 1.54) is 12.0 Å². The number of allylic oxidation sites excluding steroid dienone is 1. The van der Waals surface area contributed by atoms with E-state index in [-0.39, 0.29) is 30.4 Å². The van der Waals surface area contributed by atoms with Crippen LogP contribution in [0.25, 0.3) is 5.00 Å². The number of amides is 4. The second-order valence-electron chi connectivity index (χ2n) is 12.7. The third-order valence-electron chi connectivity index (χ3n) is 9.12. The van der Waals surface area contributed by atoms with Crippen LogP contribution in [0.15, 0.2) is 71.0 Å². The van der Waals surface area contributed by atoms with Crippen LogP contribution in [0.5, 0.6) is 11.5 Å². The fraction of sp³-hybridized carbons (Fsp3) is 0.308. The third-order valence-corrected chi connectivity index (χ3v) is 10.4. The molecule has 53 heavy (non-hydrogen) atoms. The van der Waals surface area contributed by atoms with Gasteiger partial charge in [0.2, 0.25) is 0 Å². The Morgan fingerprint density at radius 1 is 1.04 bits per heavy atom. The first-order valence-electron chi connectivity index (χ1n) is 17.4. The lowest BCUT2D eigenvalue weighted by molar-refractivity contribution is -0.139. The zero-order valence-corrected chi connectivity index (χ0v) is 31.1. The Kier molecular flexibility index (Phi) is 11.3. The number of hydrazone groups is 1. The molecule has 0 spiro atoms. The predicted octanol–water partition coefficient (Wildman–Crippen LogP) is 6.02. The maximum absolute atomic E-state index is 13.7. The number of esters is 1. The lowest BCUT2D eigenvalue weighted by Gasteiger charge is -2.28. The minimum Gasteiger partial charge on any atom is -0.493 e. The number of para-hydroxylation sites is 1. The first-order chi connectivity index (χ1) is 25.6. The molecule has 2 aromatic carbocycles. The van der Waals surface area contributed by atoms with Crippen molar-refractivity contribution in [2.75, 3.05) is 25.6 Å². The fourth-order valence-corrected chi connectivity index (χ4v) is 8.14. The molecule has 3 heterocycles. The number of nitrogens with zero attached hydrogens (tertiary/aromatic N) is 2. The molecule has 4 amide bonds. The highest BCUT2D eigenvalue weighted by molar-refractivity contribution is 7.15. The van der Waals surface area contributed by atoms with Crippen molar-refractivity contribution in [1.29, 1.82) is 0 Å². The summed E-state index contributed by atoms with van der Waals surface area (Å²) in [5.74, 6) is -0.600. The summed E-state index contributed by atoms with van der Waals surface area (Å²) < 4.78 is 18.6. The van der Waals surface area contributed by atoms with Crippen molar-refractivity contribution >= 4 is 47.1 Å². The first kappa shape index (κ1) is 36.9. The smallest absolute Gasteiger partial charge is 0.338 e. The number of carbonyl (C=O) groups excluding carboxylic acids is 4. The van der Waals surface area contributed by atoms with Gasteiger partial charge in [0.25, 0.3) is 11.8 Å². The zero-order chi connectivity index (χ0) is 37.6. The van der Waals surface area contributed by atoms with Gasteiger partial charge in [0.05, 0.1) is 37.1 Å². The molecule has 13 nitrogen and oxygen atoms in total. The highest BCUT2D eigenvalue weighted by Gasteiger charge is 2.33. The van der Waals surface area contributed by atoms with Crippen LogP contribution in [-0.2, 0) is 27.2 Å². The van der Waals surface area contributed by atoms with E-state index in [2.05, 4.69) is 31.0 Å². The van der Waals surface area contributed by atoms with E-state index < -0.39 is 23.9 Å². The van der Waals surface area contributed by atoms with E-state index in [9.17, 15) is 19.2 Å². The Morgan fingerprint density at radius 2 is 1.81 bits per heavy atom. The Balaban J connectivity index is 1.14. The van der Waals surface area contributed by atoms with Gasteiger partial charge in [0.15, 0.2) is 18.1 Å². The zero-order valence-electron chi connectivity index (χ0n) is 30.3. The Bertz CT molecular complexity index is 2120. The summed E-state index contributed by atoms with van der Waals surface area (Å²) in [6.07, 6.45) is 5.54. The van der Waals surface area contributed by atoms with Crippen molar-refractivity contribution in [2.24, 2.45) is 5.10 Å². The highest BCUT2D eigenvalue weighted by atomic mass is 32.1. The normalized spacial score (nSPS) is 15.3. The van der Waals surface area contributed by atoms with Crippen LogP contribution in [0, 0.1) is 13.8 Å². The summed E-state index contributed by atoms with van der Waals surface area (Å²) in [4.78, 5) is 52.7. The number of aryl methyl sites for hydroxylation is 2. The molecule has 0 radical (unpaired) electrons. The molecular formula is C39H42N6O7S. The maximum atomic E-state index is 13.7. The van der Waals surface area contributed by atoms with Gasteiger partial charge in [-0.1, -0.05) is 24.3 Å². The van der Waals surface area contributed by atoms with Gasteiger partial charge in [-0.3, -0.25) is 9.59 Å². The van der Waals surface area contributed by atoms with E-state index in [1.807, 2.05) is 50.2 Å². The van der Waals surface area contributed by atoms with Crippen molar-refractivity contribution in [1.82, 2.24) is 20.6 Å². The number of rotatable bonds is 12. The van der Waals surface area contributed by atoms with Gasteiger partial charge in [0.1, 0.15) is 5.00 Å². The number of thiophene rings is 1. The van der Waals surface area contributed by atoms with E-state index in [4.69, 9.17) is 14.2 Å². The molecule has 276 valence electrons. The minimum absolute atomic E-state index is 0.127. The minimum atomic E-state index is -0.784. The highest BCUT2D eigenvalue weighted by Crippen LogP contribution is 2.39. The molecule has 1 aliphatic heterocycles. The molecule has 0 bridgehead atoms. The van der Waals surface area contributed by atoms with Crippen LogP contribution in [0.2, 0.25) is 0 Å². The average molecular weight is 739 g/mol. The van der Waals surface area contributed by atoms with E-state index >= 15 is 0 Å². The standard InChI is InChI=1S/C39H42N6O7S/c1-6-51-38(48)33-23(3)41-39(49)43-35(33)25-16-17-29(30(19-25)50-5)52-21-32(46)44-40-20-26-18-22(2)45(24(26)4)37-34(28-14-10-11-15-31(28)53-37)36(47)42-27-12-8-7-9-13-27/h7-9,12-13,16-20,35H,6,10-11,14-15,21H2,1-5H3,(H,42,47)(H,44,46)(H2,41,43,49)/b40-20-/t35-/m0/s1. The summed E-state index contributed by atoms with van der Waals surface area (Å²) in [6.45, 7) is 7.11. The fourth-order valence-electron chi connectivity index (χ4n) is 6.64. The van der Waals surface area contributed by atoms with Crippen molar-refractivity contribution < 1.29 is 33.4 Å². The SMILES string of the molecule is CCOC(=O)C1=C(C)NC(=O)N[C@H]1c1ccc(OCC(=O)N/N=C\c2cc(C)n(-c3sc4c(c3C(=O)Nc3ccccc3)CCCC4)c2C)c(OC)c1. The Labute approximate surface area is 311 Å². The number of methoxy groups -OCH3 is 1. The van der Waals surface area contributed by atoms with Crippen molar-refractivity contribution in [3.63, 3.8) is 0 Å². The maximum Gasteiger partial charge on any atom is 0.338 e.